The molecule has 1 heterocycles. The number of anilines is 1. The Morgan fingerprint density at radius 2 is 2.26 bits per heavy atom. The SMILES string of the molecule is CNC1(CC=O)CN(c2cc(Cl)ccc2OC)CCN1C(=O)O. The molecule has 0 bridgehead atoms. The number of hydrogen-bond acceptors (Lipinski definition) is 5. The van der Waals surface area contributed by atoms with Gasteiger partial charge in [-0.05, 0) is 25.2 Å². The van der Waals surface area contributed by atoms with Crippen LogP contribution in [0, 0.1) is 0 Å². The topological polar surface area (TPSA) is 82.1 Å². The highest BCUT2D eigenvalue weighted by atomic mass is 35.5. The molecule has 1 saturated heterocycles. The minimum atomic E-state index is -1.06. The number of nitrogens with one attached hydrogen (secondary N) is 1. The number of piperazine rings is 1. The van der Waals surface area contributed by atoms with Crippen LogP contribution in [0.3, 0.4) is 0 Å². The zero-order chi connectivity index (χ0) is 17.0. The number of hydrogen-bond donors (Lipinski definition) is 2. The average Bonchev–Trinajstić information content (AvgIpc) is 2.54. The fourth-order valence-electron chi connectivity index (χ4n) is 2.94. The second-order valence-corrected chi connectivity index (χ2v) is 5.76. The van der Waals surface area contributed by atoms with Crippen molar-refractivity contribution < 1.29 is 19.4 Å². The van der Waals surface area contributed by atoms with Gasteiger partial charge in [-0.3, -0.25) is 10.2 Å². The van der Waals surface area contributed by atoms with Gasteiger partial charge in [0, 0.05) is 24.5 Å². The summed E-state index contributed by atoms with van der Waals surface area (Å²) in [5.74, 6) is 0.647. The molecule has 1 amide bonds. The summed E-state index contributed by atoms with van der Waals surface area (Å²) in [6.45, 7) is 1.05. The molecule has 1 aliphatic heterocycles. The third-order valence-corrected chi connectivity index (χ3v) is 4.40. The maximum absolute atomic E-state index is 11.5. The number of carbonyl (C=O) groups excluding carboxylic acids is 1. The highest BCUT2D eigenvalue weighted by molar-refractivity contribution is 6.30. The molecule has 0 saturated carbocycles. The summed E-state index contributed by atoms with van der Waals surface area (Å²) in [5.41, 5.74) is -0.213. The van der Waals surface area contributed by atoms with E-state index >= 15 is 0 Å². The number of rotatable bonds is 5. The van der Waals surface area contributed by atoms with Crippen molar-refractivity contribution in [3.63, 3.8) is 0 Å². The Bertz CT molecular complexity index is 598. The number of ether oxygens (including phenoxy) is 1. The number of halogens is 1. The van der Waals surface area contributed by atoms with E-state index in [0.29, 0.717) is 23.9 Å². The van der Waals surface area contributed by atoms with Gasteiger partial charge in [0.15, 0.2) is 0 Å². The van der Waals surface area contributed by atoms with Crippen LogP contribution in [0.2, 0.25) is 5.02 Å². The van der Waals surface area contributed by atoms with Crippen LogP contribution in [-0.2, 0) is 4.79 Å². The Balaban J connectivity index is 2.39. The number of carbonyl (C=O) groups is 2. The van der Waals surface area contributed by atoms with Gasteiger partial charge in [-0.2, -0.15) is 0 Å². The molecule has 1 fully saturated rings. The zero-order valence-electron chi connectivity index (χ0n) is 13.1. The fourth-order valence-corrected chi connectivity index (χ4v) is 3.10. The molecule has 1 aromatic rings. The standard InChI is InChI=1S/C15H20ClN3O4/c1-17-15(5-8-20)10-18(6-7-19(15)14(21)22)12-9-11(16)3-4-13(12)23-2/h3-4,8-9,17H,5-7,10H2,1-2H3,(H,21,22). The molecule has 2 N–H and O–H groups in total. The van der Waals surface area contributed by atoms with E-state index in [1.54, 1.807) is 32.4 Å². The summed E-state index contributed by atoms with van der Waals surface area (Å²) in [6.07, 6.45) is -0.278. The van der Waals surface area contributed by atoms with E-state index in [4.69, 9.17) is 16.3 Å². The third kappa shape index (κ3) is 3.35. The lowest BCUT2D eigenvalue weighted by Gasteiger charge is -2.49. The maximum atomic E-state index is 11.5. The average molecular weight is 342 g/mol. The van der Waals surface area contributed by atoms with Gasteiger partial charge in [0.25, 0.3) is 0 Å². The molecule has 0 aliphatic carbocycles. The van der Waals surface area contributed by atoms with Gasteiger partial charge in [0.1, 0.15) is 17.7 Å². The summed E-state index contributed by atoms with van der Waals surface area (Å²) < 4.78 is 5.37. The third-order valence-electron chi connectivity index (χ3n) is 4.16. The number of likely N-dealkylation sites (N-methyl/N-ethyl adjacent to an activating group) is 1. The van der Waals surface area contributed by atoms with Gasteiger partial charge in [-0.1, -0.05) is 11.6 Å². The number of benzene rings is 1. The highest BCUT2D eigenvalue weighted by Gasteiger charge is 2.43. The van der Waals surface area contributed by atoms with Crippen molar-refractivity contribution in [1.29, 1.82) is 0 Å². The fraction of sp³-hybridized carbons (Fsp3) is 0.467. The molecule has 1 unspecified atom stereocenters. The summed E-state index contributed by atoms with van der Waals surface area (Å²) >= 11 is 6.08. The van der Waals surface area contributed by atoms with E-state index < -0.39 is 11.8 Å². The number of aldehydes is 1. The number of carboxylic acid groups (broad SMARTS) is 1. The Hall–Kier alpha value is -1.99. The zero-order valence-corrected chi connectivity index (χ0v) is 13.8. The first kappa shape index (κ1) is 17.4. The van der Waals surface area contributed by atoms with Crippen LogP contribution in [0.25, 0.3) is 0 Å². The smallest absolute Gasteiger partial charge is 0.408 e. The predicted molar refractivity (Wildman–Crippen MR) is 87.4 cm³/mol. The maximum Gasteiger partial charge on any atom is 0.408 e. The number of nitrogens with zero attached hydrogens (tertiary/aromatic N) is 2. The van der Waals surface area contributed by atoms with Gasteiger partial charge in [-0.25, -0.2) is 4.79 Å². The lowest BCUT2D eigenvalue weighted by atomic mass is 10.0. The molecule has 126 valence electrons. The molecule has 1 aliphatic rings. The van der Waals surface area contributed by atoms with Gasteiger partial charge in [0.05, 0.1) is 19.3 Å². The Labute approximate surface area is 139 Å². The van der Waals surface area contributed by atoms with E-state index in [9.17, 15) is 14.7 Å². The van der Waals surface area contributed by atoms with Crippen molar-refractivity contribution in [1.82, 2.24) is 10.2 Å². The quantitative estimate of drug-likeness (QED) is 0.793. The van der Waals surface area contributed by atoms with Crippen molar-refractivity contribution >= 4 is 29.7 Å². The molecular formula is C15H20ClN3O4. The summed E-state index contributed by atoms with van der Waals surface area (Å²) in [7, 11) is 3.22. The van der Waals surface area contributed by atoms with Crippen molar-refractivity contribution in [3.05, 3.63) is 23.2 Å². The minimum absolute atomic E-state index is 0.0508. The van der Waals surface area contributed by atoms with Crippen LogP contribution in [0.5, 0.6) is 5.75 Å². The molecule has 0 aromatic heterocycles. The van der Waals surface area contributed by atoms with E-state index in [1.165, 1.54) is 4.90 Å². The van der Waals surface area contributed by atoms with Crippen molar-refractivity contribution in [2.75, 3.05) is 38.7 Å². The van der Waals surface area contributed by atoms with Crippen LogP contribution in [-0.4, -0.2) is 61.8 Å². The molecule has 23 heavy (non-hydrogen) atoms. The monoisotopic (exact) mass is 341 g/mol. The first-order valence-electron chi connectivity index (χ1n) is 7.19. The van der Waals surface area contributed by atoms with E-state index in [1.807, 2.05) is 4.90 Å². The van der Waals surface area contributed by atoms with Gasteiger partial charge in [0.2, 0.25) is 0 Å². The summed E-state index contributed by atoms with van der Waals surface area (Å²) in [4.78, 5) is 25.9. The predicted octanol–water partition coefficient (Wildman–Crippen LogP) is 1.65. The Morgan fingerprint density at radius 3 is 2.83 bits per heavy atom. The van der Waals surface area contributed by atoms with Crippen LogP contribution in [0.15, 0.2) is 18.2 Å². The molecule has 8 heteroatoms. The molecule has 0 spiro atoms. The second kappa shape index (κ2) is 7.06. The van der Waals surface area contributed by atoms with Crippen LogP contribution in [0.4, 0.5) is 10.5 Å². The number of methoxy groups -OCH3 is 1. The molecule has 7 nitrogen and oxygen atoms in total. The molecule has 0 radical (unpaired) electrons. The molecule has 1 atom stereocenters. The lowest BCUT2D eigenvalue weighted by Crippen LogP contribution is -2.70. The largest absolute Gasteiger partial charge is 0.495 e. The molecular weight excluding hydrogens is 322 g/mol. The van der Waals surface area contributed by atoms with Gasteiger partial charge in [-0.15, -0.1) is 0 Å². The summed E-state index contributed by atoms with van der Waals surface area (Å²) in [5, 5.41) is 13.0. The first-order chi connectivity index (χ1) is 11.0. The van der Waals surface area contributed by atoms with E-state index in [-0.39, 0.29) is 13.0 Å². The van der Waals surface area contributed by atoms with Crippen molar-refractivity contribution in [2.45, 2.75) is 12.1 Å². The molecule has 2 rings (SSSR count). The lowest BCUT2D eigenvalue weighted by molar-refractivity contribution is -0.110. The molecule has 1 aromatic carbocycles. The van der Waals surface area contributed by atoms with Crippen LogP contribution in [0.1, 0.15) is 6.42 Å². The van der Waals surface area contributed by atoms with E-state index in [2.05, 4.69) is 5.32 Å². The second-order valence-electron chi connectivity index (χ2n) is 5.32. The minimum Gasteiger partial charge on any atom is -0.495 e. The van der Waals surface area contributed by atoms with Gasteiger partial charge < -0.3 is 19.5 Å². The van der Waals surface area contributed by atoms with Gasteiger partial charge >= 0.3 is 6.09 Å². The van der Waals surface area contributed by atoms with Crippen molar-refractivity contribution in [3.8, 4) is 5.75 Å². The first-order valence-corrected chi connectivity index (χ1v) is 7.57. The Morgan fingerprint density at radius 1 is 1.52 bits per heavy atom. The van der Waals surface area contributed by atoms with Crippen LogP contribution >= 0.6 is 11.6 Å². The van der Waals surface area contributed by atoms with Crippen LogP contribution < -0.4 is 15.0 Å². The summed E-state index contributed by atoms with van der Waals surface area (Å²) in [6, 6.07) is 5.27. The normalized spacial score (nSPS) is 21.2. The number of amides is 1. The Kier molecular flexibility index (Phi) is 5.33. The van der Waals surface area contributed by atoms with E-state index in [0.717, 1.165) is 12.0 Å². The van der Waals surface area contributed by atoms with Crippen molar-refractivity contribution in [2.24, 2.45) is 0 Å². The highest BCUT2D eigenvalue weighted by Crippen LogP contribution is 2.34.